The fraction of sp³-hybridized carbons (Fsp3) is 0.714. The van der Waals surface area contributed by atoms with Crippen LogP contribution in [-0.4, -0.2) is 58.7 Å². The molecule has 0 saturated heterocycles. The van der Waals surface area contributed by atoms with Crippen LogP contribution < -0.4 is 5.73 Å². The van der Waals surface area contributed by atoms with Crippen LogP contribution in [0.2, 0.25) is 0 Å². The van der Waals surface area contributed by atoms with E-state index in [1.165, 1.54) is 0 Å². The molecule has 1 heterocycles. The molecule has 6 heteroatoms. The third kappa shape index (κ3) is 3.72. The molecule has 2 N–H and O–H groups in total. The summed E-state index contributed by atoms with van der Waals surface area (Å²) in [5, 5.41) is 4.32. The third-order valence-corrected chi connectivity index (χ3v) is 3.54. The second kappa shape index (κ2) is 6.74. The van der Waals surface area contributed by atoms with E-state index in [1.807, 2.05) is 39.8 Å². The Hall–Kier alpha value is -1.56. The number of nitrogens with two attached hydrogens (primary N) is 1. The maximum absolute atomic E-state index is 12.4. The van der Waals surface area contributed by atoms with E-state index in [0.29, 0.717) is 12.2 Å². The van der Waals surface area contributed by atoms with Gasteiger partial charge in [0.05, 0.1) is 17.1 Å². The van der Waals surface area contributed by atoms with Crippen molar-refractivity contribution >= 4 is 11.6 Å². The first-order valence-corrected chi connectivity index (χ1v) is 7.01. The maximum atomic E-state index is 12.4. The molecule has 0 spiro atoms. The van der Waals surface area contributed by atoms with Gasteiger partial charge < -0.3 is 15.5 Å². The summed E-state index contributed by atoms with van der Waals surface area (Å²) >= 11 is 0. The Bertz CT molecular complexity index is 466. The van der Waals surface area contributed by atoms with Crippen molar-refractivity contribution in [1.82, 2.24) is 19.6 Å². The van der Waals surface area contributed by atoms with Gasteiger partial charge >= 0.3 is 0 Å². The van der Waals surface area contributed by atoms with Gasteiger partial charge in [-0.2, -0.15) is 5.10 Å². The smallest absolute Gasteiger partial charge is 0.244 e. The Morgan fingerprint density at radius 2 is 2.00 bits per heavy atom. The van der Waals surface area contributed by atoms with Crippen molar-refractivity contribution in [2.75, 3.05) is 32.9 Å². The van der Waals surface area contributed by atoms with Gasteiger partial charge in [0.15, 0.2) is 0 Å². The van der Waals surface area contributed by atoms with Crippen molar-refractivity contribution in [1.29, 1.82) is 0 Å². The first kappa shape index (κ1) is 16.5. The quantitative estimate of drug-likeness (QED) is 0.840. The van der Waals surface area contributed by atoms with Crippen LogP contribution in [-0.2, 0) is 11.3 Å². The van der Waals surface area contributed by atoms with E-state index in [-0.39, 0.29) is 18.5 Å². The normalized spacial score (nSPS) is 12.8. The van der Waals surface area contributed by atoms with Gasteiger partial charge in [-0.1, -0.05) is 0 Å². The number of hydrogen-bond donors (Lipinski definition) is 1. The van der Waals surface area contributed by atoms with Crippen LogP contribution in [0.25, 0.3) is 0 Å². The van der Waals surface area contributed by atoms with E-state index >= 15 is 0 Å². The van der Waals surface area contributed by atoms with Crippen molar-refractivity contribution in [3.63, 3.8) is 0 Å². The minimum atomic E-state index is 0.0763. The summed E-state index contributed by atoms with van der Waals surface area (Å²) in [6, 6.07) is 0.178. The molecule has 1 amide bonds. The van der Waals surface area contributed by atoms with Gasteiger partial charge in [0.1, 0.15) is 6.54 Å². The van der Waals surface area contributed by atoms with Crippen LogP contribution in [0.1, 0.15) is 25.2 Å². The van der Waals surface area contributed by atoms with Crippen LogP contribution in [0.3, 0.4) is 0 Å². The standard InChI is InChI=1S/C14H27N5O/c1-7-18(10(2)8-17(5)6)13(20)9-19-12(4)14(15)11(3)16-19/h10H,7-9,15H2,1-6H3. The number of amides is 1. The molecule has 0 aliphatic rings. The summed E-state index contributed by atoms with van der Waals surface area (Å²) in [6.45, 7) is 9.60. The second-order valence-corrected chi connectivity index (χ2v) is 5.53. The van der Waals surface area contributed by atoms with Crippen molar-refractivity contribution in [2.24, 2.45) is 0 Å². The Morgan fingerprint density at radius 3 is 2.40 bits per heavy atom. The highest BCUT2D eigenvalue weighted by Gasteiger charge is 2.20. The van der Waals surface area contributed by atoms with Crippen LogP contribution in [0.4, 0.5) is 5.69 Å². The number of rotatable bonds is 6. The zero-order valence-corrected chi connectivity index (χ0v) is 13.5. The molecule has 0 aliphatic heterocycles. The number of likely N-dealkylation sites (N-methyl/N-ethyl adjacent to an activating group) is 2. The topological polar surface area (TPSA) is 67.4 Å². The predicted molar refractivity (Wildman–Crippen MR) is 81.5 cm³/mol. The van der Waals surface area contributed by atoms with Crippen LogP contribution >= 0.6 is 0 Å². The summed E-state index contributed by atoms with van der Waals surface area (Å²) in [5.41, 5.74) is 8.20. The Kier molecular flexibility index (Phi) is 5.56. The fourth-order valence-electron chi connectivity index (χ4n) is 2.44. The summed E-state index contributed by atoms with van der Waals surface area (Å²) in [4.78, 5) is 16.4. The highest BCUT2D eigenvalue weighted by atomic mass is 16.2. The number of aryl methyl sites for hydroxylation is 1. The average molecular weight is 281 g/mol. The molecule has 0 saturated carbocycles. The van der Waals surface area contributed by atoms with E-state index in [2.05, 4.69) is 16.9 Å². The number of nitrogen functional groups attached to an aromatic ring is 1. The molecular weight excluding hydrogens is 254 g/mol. The SMILES string of the molecule is CCN(C(=O)Cn1nc(C)c(N)c1C)C(C)CN(C)C. The molecule has 1 rings (SSSR count). The fourth-order valence-corrected chi connectivity index (χ4v) is 2.44. The molecule has 1 unspecified atom stereocenters. The van der Waals surface area contributed by atoms with E-state index in [0.717, 1.165) is 17.9 Å². The lowest BCUT2D eigenvalue weighted by atomic mass is 10.2. The minimum Gasteiger partial charge on any atom is -0.396 e. The number of hydrogen-bond acceptors (Lipinski definition) is 4. The third-order valence-electron chi connectivity index (χ3n) is 3.54. The molecule has 6 nitrogen and oxygen atoms in total. The number of anilines is 1. The van der Waals surface area contributed by atoms with E-state index in [4.69, 9.17) is 5.73 Å². The van der Waals surface area contributed by atoms with Crippen molar-refractivity contribution in [3.05, 3.63) is 11.4 Å². The highest BCUT2D eigenvalue weighted by molar-refractivity contribution is 5.76. The van der Waals surface area contributed by atoms with E-state index < -0.39 is 0 Å². The summed E-state index contributed by atoms with van der Waals surface area (Å²) in [7, 11) is 4.02. The van der Waals surface area contributed by atoms with Crippen LogP contribution in [0, 0.1) is 13.8 Å². The average Bonchev–Trinajstić information content (AvgIpc) is 2.57. The summed E-state index contributed by atoms with van der Waals surface area (Å²) in [6.07, 6.45) is 0. The molecule has 20 heavy (non-hydrogen) atoms. The molecule has 1 aromatic heterocycles. The summed E-state index contributed by atoms with van der Waals surface area (Å²) < 4.78 is 1.69. The Labute approximate surface area is 121 Å². The zero-order chi connectivity index (χ0) is 15.4. The Balaban J connectivity index is 2.79. The lowest BCUT2D eigenvalue weighted by molar-refractivity contribution is -0.134. The number of carbonyl (C=O) groups is 1. The number of aromatic nitrogens is 2. The molecule has 0 radical (unpaired) electrons. The van der Waals surface area contributed by atoms with Gasteiger partial charge in [0.2, 0.25) is 5.91 Å². The zero-order valence-electron chi connectivity index (χ0n) is 13.5. The monoisotopic (exact) mass is 281 g/mol. The first-order chi connectivity index (χ1) is 9.27. The molecular formula is C14H27N5O. The molecule has 1 aromatic rings. The van der Waals surface area contributed by atoms with E-state index in [1.54, 1.807) is 4.68 Å². The second-order valence-electron chi connectivity index (χ2n) is 5.53. The van der Waals surface area contributed by atoms with Crippen LogP contribution in [0.5, 0.6) is 0 Å². The van der Waals surface area contributed by atoms with Crippen molar-refractivity contribution < 1.29 is 4.79 Å². The number of nitrogens with zero attached hydrogens (tertiary/aromatic N) is 4. The molecule has 0 fully saturated rings. The first-order valence-electron chi connectivity index (χ1n) is 7.01. The largest absolute Gasteiger partial charge is 0.396 e. The lowest BCUT2D eigenvalue weighted by Gasteiger charge is -2.30. The molecule has 0 bridgehead atoms. The van der Waals surface area contributed by atoms with Gasteiger partial charge in [-0.25, -0.2) is 0 Å². The van der Waals surface area contributed by atoms with Gasteiger partial charge in [-0.3, -0.25) is 9.48 Å². The highest BCUT2D eigenvalue weighted by Crippen LogP contribution is 2.15. The van der Waals surface area contributed by atoms with Crippen LogP contribution in [0.15, 0.2) is 0 Å². The predicted octanol–water partition coefficient (Wildman–Crippen LogP) is 0.881. The molecule has 114 valence electrons. The Morgan fingerprint density at radius 1 is 1.40 bits per heavy atom. The van der Waals surface area contributed by atoms with Crippen molar-refractivity contribution in [3.8, 4) is 0 Å². The van der Waals surface area contributed by atoms with E-state index in [9.17, 15) is 4.79 Å². The molecule has 1 atom stereocenters. The van der Waals surface area contributed by atoms with Gasteiger partial charge in [-0.05, 0) is 41.8 Å². The van der Waals surface area contributed by atoms with Gasteiger partial charge in [-0.15, -0.1) is 0 Å². The lowest BCUT2D eigenvalue weighted by Crippen LogP contribution is -2.45. The number of carbonyl (C=O) groups excluding carboxylic acids is 1. The summed E-state index contributed by atoms with van der Waals surface area (Å²) in [5.74, 6) is 0.0763. The molecule has 0 aromatic carbocycles. The van der Waals surface area contributed by atoms with Gasteiger partial charge in [0.25, 0.3) is 0 Å². The molecule has 0 aliphatic carbocycles. The van der Waals surface area contributed by atoms with Crippen molar-refractivity contribution in [2.45, 2.75) is 40.3 Å². The van der Waals surface area contributed by atoms with Gasteiger partial charge in [0, 0.05) is 19.1 Å². The minimum absolute atomic E-state index is 0.0763. The maximum Gasteiger partial charge on any atom is 0.244 e.